The minimum Gasteiger partial charge on any atom is -0.465 e. The second-order valence-electron chi connectivity index (χ2n) is 8.47. The van der Waals surface area contributed by atoms with Crippen LogP contribution in [-0.2, 0) is 19.5 Å². The van der Waals surface area contributed by atoms with Gasteiger partial charge in [0, 0.05) is 5.69 Å². The predicted molar refractivity (Wildman–Crippen MR) is 137 cm³/mol. The number of para-hydroxylation sites is 1. The van der Waals surface area contributed by atoms with E-state index in [9.17, 15) is 27.6 Å². The number of esters is 2. The molecule has 0 amide bonds. The molecule has 4 rings (SSSR count). The Morgan fingerprint density at radius 1 is 0.947 bits per heavy atom. The van der Waals surface area contributed by atoms with E-state index in [2.05, 4.69) is 19.7 Å². The molecule has 0 aliphatic heterocycles. The number of ketones is 1. The van der Waals surface area contributed by atoms with Crippen LogP contribution in [0.5, 0.6) is 0 Å². The van der Waals surface area contributed by atoms with Crippen molar-refractivity contribution in [1.82, 2.24) is 15.0 Å². The summed E-state index contributed by atoms with van der Waals surface area (Å²) in [6.45, 7) is 4.55. The van der Waals surface area contributed by atoms with E-state index in [1.165, 1.54) is 56.5 Å². The van der Waals surface area contributed by atoms with Crippen molar-refractivity contribution in [2.75, 3.05) is 11.8 Å². The number of hydrogen-bond acceptors (Lipinski definition) is 8. The molecule has 0 radical (unpaired) electrons. The molecule has 1 atom stereocenters. The Bertz CT molecular complexity index is 1750. The van der Waals surface area contributed by atoms with Gasteiger partial charge in [-0.3, -0.25) is 9.52 Å². The summed E-state index contributed by atoms with van der Waals surface area (Å²) in [6, 6.07) is 9.78. The maximum atomic E-state index is 13.0. The summed E-state index contributed by atoms with van der Waals surface area (Å²) < 4.78 is 38.5. The lowest BCUT2D eigenvalue weighted by atomic mass is 10.1. The van der Waals surface area contributed by atoms with Gasteiger partial charge in [0.2, 0.25) is 5.78 Å². The van der Waals surface area contributed by atoms with Crippen molar-refractivity contribution < 1.29 is 32.3 Å². The molecule has 38 heavy (non-hydrogen) atoms. The molecule has 13 heteroatoms. The summed E-state index contributed by atoms with van der Waals surface area (Å²) in [5.41, 5.74) is 1.15. The van der Waals surface area contributed by atoms with Crippen LogP contribution in [0.2, 0.25) is 0 Å². The molecule has 0 bridgehead atoms. The van der Waals surface area contributed by atoms with Crippen LogP contribution in [0, 0.1) is 13.8 Å². The number of carbonyl (C=O) groups excluding carboxylic acids is 3. The largest absolute Gasteiger partial charge is 0.465 e. The number of rotatable bonds is 8. The lowest BCUT2D eigenvalue weighted by molar-refractivity contribution is 0.0317. The van der Waals surface area contributed by atoms with E-state index in [1.807, 2.05) is 0 Å². The van der Waals surface area contributed by atoms with Crippen LogP contribution in [0.15, 0.2) is 52.2 Å². The van der Waals surface area contributed by atoms with E-state index < -0.39 is 39.5 Å². The highest BCUT2D eigenvalue weighted by Gasteiger charge is 2.28. The molecule has 0 saturated carbocycles. The number of fused-ring (bicyclic) bond motifs is 1. The second kappa shape index (κ2) is 10.0. The number of aromatic nitrogens is 3. The Balaban J connectivity index is 1.56. The molecule has 0 saturated heterocycles. The van der Waals surface area contributed by atoms with Crippen molar-refractivity contribution in [1.29, 1.82) is 0 Å². The van der Waals surface area contributed by atoms with Crippen molar-refractivity contribution in [2.24, 2.45) is 0 Å². The number of methoxy groups -OCH3 is 1. The first kappa shape index (κ1) is 26.4. The molecule has 4 aromatic rings. The number of imidazole rings is 1. The summed E-state index contributed by atoms with van der Waals surface area (Å²) in [6.07, 6.45) is -1.26. The minimum atomic E-state index is -4.17. The minimum absolute atomic E-state index is 0.0697. The number of anilines is 1. The third kappa shape index (κ3) is 4.95. The number of benzene rings is 2. The van der Waals surface area contributed by atoms with Gasteiger partial charge in [0.05, 0.1) is 45.5 Å². The van der Waals surface area contributed by atoms with Crippen LogP contribution in [0.1, 0.15) is 49.4 Å². The quantitative estimate of drug-likeness (QED) is 0.194. The smallest absolute Gasteiger partial charge is 0.340 e. The molecule has 2 aromatic heterocycles. The SMILES string of the molecule is COC(=O)c1c(C)[nH]c(C(=O)C(C)OC(=O)c2ccccc2NS(=O)(=O)c2ccc3[nH]c(=O)[nH]c3c2)c1C. The van der Waals surface area contributed by atoms with Crippen molar-refractivity contribution >= 4 is 44.5 Å². The fraction of sp³-hybridized carbons (Fsp3) is 0.200. The van der Waals surface area contributed by atoms with Crippen molar-refractivity contribution in [3.05, 3.63) is 81.0 Å². The highest BCUT2D eigenvalue weighted by atomic mass is 32.2. The Morgan fingerprint density at radius 3 is 2.34 bits per heavy atom. The topological polar surface area (TPSA) is 180 Å². The summed E-state index contributed by atoms with van der Waals surface area (Å²) in [5, 5.41) is 0. The zero-order valence-corrected chi connectivity index (χ0v) is 21.6. The average molecular weight is 541 g/mol. The van der Waals surface area contributed by atoms with Gasteiger partial charge in [0.15, 0.2) is 6.10 Å². The number of carbonyl (C=O) groups is 3. The molecule has 4 N–H and O–H groups in total. The molecule has 1 unspecified atom stereocenters. The van der Waals surface area contributed by atoms with Gasteiger partial charge in [-0.25, -0.2) is 22.8 Å². The van der Waals surface area contributed by atoms with E-state index in [0.717, 1.165) is 0 Å². The third-order valence-corrected chi connectivity index (χ3v) is 7.28. The molecule has 198 valence electrons. The van der Waals surface area contributed by atoms with Crippen LogP contribution in [0.4, 0.5) is 5.69 Å². The van der Waals surface area contributed by atoms with Gasteiger partial charge in [-0.15, -0.1) is 0 Å². The zero-order valence-electron chi connectivity index (χ0n) is 20.8. The van der Waals surface area contributed by atoms with Gasteiger partial charge in [-0.1, -0.05) is 12.1 Å². The Kier molecular flexibility index (Phi) is 6.96. The molecular formula is C25H24N4O8S. The number of nitrogens with one attached hydrogen (secondary N) is 4. The van der Waals surface area contributed by atoms with Crippen molar-refractivity contribution in [3.8, 4) is 0 Å². The second-order valence-corrected chi connectivity index (χ2v) is 10.1. The number of Topliss-reactive ketones (excluding diaryl/α,β-unsaturated/α-hetero) is 1. The maximum Gasteiger partial charge on any atom is 0.340 e. The Morgan fingerprint density at radius 2 is 1.63 bits per heavy atom. The standard InChI is InChI=1S/C25H24N4O8S/c1-12-20(24(32)36-4)13(2)26-21(12)22(30)14(3)37-23(31)16-7-5-6-8-17(16)29-38(34,35)15-9-10-18-19(11-15)28-25(33)27-18/h5-11,14,26,29H,1-4H3,(H2,27,28,33). The number of aromatic amines is 3. The highest BCUT2D eigenvalue weighted by molar-refractivity contribution is 7.92. The molecular weight excluding hydrogens is 516 g/mol. The fourth-order valence-electron chi connectivity index (χ4n) is 4.02. The Hall–Kier alpha value is -4.65. The van der Waals surface area contributed by atoms with E-state index in [1.54, 1.807) is 13.8 Å². The van der Waals surface area contributed by atoms with Crippen LogP contribution in [-0.4, -0.2) is 54.3 Å². The van der Waals surface area contributed by atoms with Crippen LogP contribution in [0.3, 0.4) is 0 Å². The van der Waals surface area contributed by atoms with Gasteiger partial charge >= 0.3 is 17.6 Å². The van der Waals surface area contributed by atoms with Crippen LogP contribution >= 0.6 is 0 Å². The number of hydrogen-bond donors (Lipinski definition) is 4. The van der Waals surface area contributed by atoms with E-state index >= 15 is 0 Å². The average Bonchev–Trinajstić information content (AvgIpc) is 3.39. The first-order valence-electron chi connectivity index (χ1n) is 11.3. The number of aryl methyl sites for hydroxylation is 1. The molecule has 0 fully saturated rings. The maximum absolute atomic E-state index is 13.0. The van der Waals surface area contributed by atoms with Gasteiger partial charge in [0.1, 0.15) is 0 Å². The monoisotopic (exact) mass is 540 g/mol. The van der Waals surface area contributed by atoms with Crippen molar-refractivity contribution in [2.45, 2.75) is 31.8 Å². The first-order chi connectivity index (χ1) is 17.9. The van der Waals surface area contributed by atoms with Gasteiger partial charge in [0.25, 0.3) is 10.0 Å². The number of sulfonamides is 1. The summed E-state index contributed by atoms with van der Waals surface area (Å²) >= 11 is 0. The van der Waals surface area contributed by atoms with Crippen LogP contribution in [0.25, 0.3) is 11.0 Å². The molecule has 0 spiro atoms. The summed E-state index contributed by atoms with van der Waals surface area (Å²) in [5.74, 6) is -2.13. The van der Waals surface area contributed by atoms with Gasteiger partial charge in [-0.05, 0) is 56.7 Å². The molecule has 2 aromatic carbocycles. The lowest BCUT2D eigenvalue weighted by Crippen LogP contribution is -2.26. The first-order valence-corrected chi connectivity index (χ1v) is 12.8. The highest BCUT2D eigenvalue weighted by Crippen LogP contribution is 2.24. The molecule has 2 heterocycles. The van der Waals surface area contributed by atoms with E-state index in [-0.39, 0.29) is 27.4 Å². The summed E-state index contributed by atoms with van der Waals surface area (Å²) in [4.78, 5) is 57.2. The molecule has 0 aliphatic carbocycles. The van der Waals surface area contributed by atoms with E-state index in [0.29, 0.717) is 22.3 Å². The van der Waals surface area contributed by atoms with Gasteiger partial charge in [-0.2, -0.15) is 0 Å². The third-order valence-electron chi connectivity index (χ3n) is 5.92. The number of H-pyrrole nitrogens is 3. The Labute approximate surface area is 216 Å². The lowest BCUT2D eigenvalue weighted by Gasteiger charge is -2.15. The fourth-order valence-corrected chi connectivity index (χ4v) is 5.12. The number of ether oxygens (including phenoxy) is 2. The van der Waals surface area contributed by atoms with Gasteiger partial charge < -0.3 is 24.4 Å². The summed E-state index contributed by atoms with van der Waals surface area (Å²) in [7, 11) is -2.94. The zero-order chi connectivity index (χ0) is 27.8. The van der Waals surface area contributed by atoms with E-state index in [4.69, 9.17) is 9.47 Å². The predicted octanol–water partition coefficient (Wildman–Crippen LogP) is 2.82. The normalized spacial score (nSPS) is 12.2. The van der Waals surface area contributed by atoms with Crippen LogP contribution < -0.4 is 10.4 Å². The van der Waals surface area contributed by atoms with Crippen molar-refractivity contribution in [3.63, 3.8) is 0 Å². The molecule has 0 aliphatic rings. The molecule has 12 nitrogen and oxygen atoms in total.